The molecule has 1 N–H and O–H groups in total. The van der Waals surface area contributed by atoms with Crippen molar-refractivity contribution in [2.75, 3.05) is 23.7 Å². The molecule has 112 valence electrons. The normalized spacial score (nSPS) is 11.2. The van der Waals surface area contributed by atoms with Crippen LogP contribution < -0.4 is 9.62 Å². The van der Waals surface area contributed by atoms with E-state index in [9.17, 15) is 12.8 Å². The van der Waals surface area contributed by atoms with Crippen molar-refractivity contribution in [2.45, 2.75) is 5.75 Å². The molecule has 2 rings (SSSR count). The Hall–Kier alpha value is -2.15. The molecule has 5 nitrogen and oxygen atoms in total. The van der Waals surface area contributed by atoms with E-state index in [1.165, 1.54) is 18.2 Å². The highest BCUT2D eigenvalue weighted by Gasteiger charge is 2.17. The predicted molar refractivity (Wildman–Crippen MR) is 81.2 cm³/mol. The second-order valence-electron chi connectivity index (χ2n) is 4.72. The summed E-state index contributed by atoms with van der Waals surface area (Å²) in [7, 11) is -0.201. The van der Waals surface area contributed by atoms with Gasteiger partial charge in [-0.2, -0.15) is 0 Å². The molecule has 0 fully saturated rings. The molecule has 0 radical (unpaired) electrons. The third kappa shape index (κ3) is 3.91. The second-order valence-corrected chi connectivity index (χ2v) is 6.44. The van der Waals surface area contributed by atoms with Crippen LogP contribution in [-0.2, 0) is 15.8 Å². The van der Waals surface area contributed by atoms with Gasteiger partial charge in [0.15, 0.2) is 5.82 Å². The van der Waals surface area contributed by atoms with Crippen molar-refractivity contribution in [3.05, 3.63) is 54.0 Å². The van der Waals surface area contributed by atoms with Crippen molar-refractivity contribution >= 4 is 21.5 Å². The first-order chi connectivity index (χ1) is 9.89. The smallest absolute Gasteiger partial charge is 0.237 e. The summed E-state index contributed by atoms with van der Waals surface area (Å²) in [4.78, 5) is 5.81. The van der Waals surface area contributed by atoms with Crippen molar-refractivity contribution in [3.63, 3.8) is 0 Å². The summed E-state index contributed by atoms with van der Waals surface area (Å²) in [5, 5.41) is 0. The highest BCUT2D eigenvalue weighted by Crippen LogP contribution is 2.22. The van der Waals surface area contributed by atoms with E-state index in [1.807, 2.05) is 0 Å². The molecule has 0 atom stereocenters. The maximum Gasteiger partial charge on any atom is 0.237 e. The van der Waals surface area contributed by atoms with Crippen molar-refractivity contribution in [3.8, 4) is 0 Å². The molecule has 0 aliphatic carbocycles. The molecule has 1 aromatic carbocycles. The fourth-order valence-corrected chi connectivity index (χ4v) is 3.07. The van der Waals surface area contributed by atoms with Gasteiger partial charge in [0, 0.05) is 25.9 Å². The van der Waals surface area contributed by atoms with E-state index in [-0.39, 0.29) is 5.56 Å². The standard InChI is InChI=1S/C14H16FN3O2S/c1-18(2)14-13(8-5-9-16-14)17-21(19,20)10-11-6-3-4-7-12(11)15/h3-9,17H,10H2,1-2H3. The number of hydrogen-bond acceptors (Lipinski definition) is 4. The minimum absolute atomic E-state index is 0.125. The van der Waals surface area contributed by atoms with Crippen LogP contribution in [0, 0.1) is 5.82 Å². The van der Waals surface area contributed by atoms with Crippen molar-refractivity contribution in [1.82, 2.24) is 4.98 Å². The molecule has 0 saturated heterocycles. The highest BCUT2D eigenvalue weighted by atomic mass is 32.2. The Labute approximate surface area is 123 Å². The van der Waals surface area contributed by atoms with Gasteiger partial charge in [0.25, 0.3) is 0 Å². The maximum absolute atomic E-state index is 13.6. The van der Waals surface area contributed by atoms with Gasteiger partial charge in [0.1, 0.15) is 5.82 Å². The Bertz CT molecular complexity index is 733. The lowest BCUT2D eigenvalue weighted by molar-refractivity contribution is 0.591. The van der Waals surface area contributed by atoms with Gasteiger partial charge in [-0.15, -0.1) is 0 Å². The molecule has 1 aromatic heterocycles. The van der Waals surface area contributed by atoms with E-state index in [4.69, 9.17) is 0 Å². The summed E-state index contributed by atoms with van der Waals surface area (Å²) in [6.45, 7) is 0. The summed E-state index contributed by atoms with van der Waals surface area (Å²) < 4.78 is 40.3. The van der Waals surface area contributed by atoms with Gasteiger partial charge in [-0.3, -0.25) is 4.72 Å². The van der Waals surface area contributed by atoms with Crippen molar-refractivity contribution < 1.29 is 12.8 Å². The molecule has 1 heterocycles. The summed E-state index contributed by atoms with van der Waals surface area (Å²) in [5.41, 5.74) is 0.485. The summed E-state index contributed by atoms with van der Waals surface area (Å²) in [6, 6.07) is 9.05. The summed E-state index contributed by atoms with van der Waals surface area (Å²) >= 11 is 0. The number of hydrogen-bond donors (Lipinski definition) is 1. The molecular weight excluding hydrogens is 293 g/mol. The molecular formula is C14H16FN3O2S. The van der Waals surface area contributed by atoms with Gasteiger partial charge < -0.3 is 4.90 Å². The van der Waals surface area contributed by atoms with Gasteiger partial charge in [0.2, 0.25) is 10.0 Å². The Balaban J connectivity index is 2.25. The average molecular weight is 309 g/mol. The molecule has 0 amide bonds. The lowest BCUT2D eigenvalue weighted by Crippen LogP contribution is -2.19. The van der Waals surface area contributed by atoms with Crippen LogP contribution in [0.2, 0.25) is 0 Å². The van der Waals surface area contributed by atoms with Crippen LogP contribution in [0.3, 0.4) is 0 Å². The maximum atomic E-state index is 13.6. The predicted octanol–water partition coefficient (Wildman–Crippen LogP) is 2.23. The third-order valence-corrected chi connectivity index (χ3v) is 4.00. The Kier molecular flexibility index (Phi) is 4.42. The van der Waals surface area contributed by atoms with Crippen LogP contribution in [0.25, 0.3) is 0 Å². The van der Waals surface area contributed by atoms with Gasteiger partial charge in [-0.25, -0.2) is 17.8 Å². The Morgan fingerprint density at radius 2 is 1.90 bits per heavy atom. The zero-order valence-electron chi connectivity index (χ0n) is 11.7. The van der Waals surface area contributed by atoms with Gasteiger partial charge >= 0.3 is 0 Å². The molecule has 0 spiro atoms. The number of aromatic nitrogens is 1. The fourth-order valence-electron chi connectivity index (χ4n) is 1.86. The monoisotopic (exact) mass is 309 g/mol. The van der Waals surface area contributed by atoms with E-state index in [0.29, 0.717) is 11.5 Å². The number of anilines is 2. The van der Waals surface area contributed by atoms with Crippen LogP contribution in [0.5, 0.6) is 0 Å². The number of nitrogens with one attached hydrogen (secondary N) is 1. The second kappa shape index (κ2) is 6.09. The molecule has 2 aromatic rings. The van der Waals surface area contributed by atoms with Crippen LogP contribution in [0.1, 0.15) is 5.56 Å². The van der Waals surface area contributed by atoms with E-state index in [1.54, 1.807) is 43.4 Å². The molecule has 0 bridgehead atoms. The van der Waals surface area contributed by atoms with Crippen molar-refractivity contribution in [1.29, 1.82) is 0 Å². The number of nitrogens with zero attached hydrogens (tertiary/aromatic N) is 2. The van der Waals surface area contributed by atoms with Crippen LogP contribution in [0.4, 0.5) is 15.9 Å². The molecule has 0 aliphatic heterocycles. The number of rotatable bonds is 5. The van der Waals surface area contributed by atoms with Crippen molar-refractivity contribution in [2.24, 2.45) is 0 Å². The first-order valence-electron chi connectivity index (χ1n) is 6.25. The van der Waals surface area contributed by atoms with E-state index in [2.05, 4.69) is 9.71 Å². The lowest BCUT2D eigenvalue weighted by atomic mass is 10.2. The topological polar surface area (TPSA) is 62.3 Å². The highest BCUT2D eigenvalue weighted by molar-refractivity contribution is 7.91. The Morgan fingerprint density at radius 1 is 1.19 bits per heavy atom. The van der Waals surface area contributed by atoms with Crippen LogP contribution in [0.15, 0.2) is 42.6 Å². The van der Waals surface area contributed by atoms with Gasteiger partial charge in [-0.05, 0) is 18.2 Å². The van der Waals surface area contributed by atoms with Gasteiger partial charge in [-0.1, -0.05) is 18.2 Å². The largest absolute Gasteiger partial charge is 0.361 e. The number of benzene rings is 1. The lowest BCUT2D eigenvalue weighted by Gasteiger charge is -2.17. The van der Waals surface area contributed by atoms with E-state index >= 15 is 0 Å². The molecule has 0 aliphatic rings. The summed E-state index contributed by atoms with van der Waals surface area (Å²) in [6.07, 6.45) is 1.57. The van der Waals surface area contributed by atoms with Gasteiger partial charge in [0.05, 0.1) is 11.4 Å². The third-order valence-electron chi connectivity index (χ3n) is 2.78. The van der Waals surface area contributed by atoms with E-state index in [0.717, 1.165) is 0 Å². The summed E-state index contributed by atoms with van der Waals surface area (Å²) in [5.74, 6) is -0.474. The minimum Gasteiger partial charge on any atom is -0.361 e. The zero-order chi connectivity index (χ0) is 15.5. The SMILES string of the molecule is CN(C)c1ncccc1NS(=O)(=O)Cc1ccccc1F. The average Bonchev–Trinajstić information content (AvgIpc) is 2.41. The van der Waals surface area contributed by atoms with E-state index < -0.39 is 21.6 Å². The molecule has 0 saturated carbocycles. The number of pyridine rings is 1. The van der Waals surface area contributed by atoms with Crippen LogP contribution in [-0.4, -0.2) is 27.5 Å². The zero-order valence-corrected chi connectivity index (χ0v) is 12.6. The number of sulfonamides is 1. The fraction of sp³-hybridized carbons (Fsp3) is 0.214. The molecule has 7 heteroatoms. The molecule has 0 unspecified atom stereocenters. The number of halogens is 1. The van der Waals surface area contributed by atoms with Crippen LogP contribution >= 0.6 is 0 Å². The first-order valence-corrected chi connectivity index (χ1v) is 7.90. The minimum atomic E-state index is -3.72. The first kappa shape index (κ1) is 15.2. The quantitative estimate of drug-likeness (QED) is 0.920. The molecule has 21 heavy (non-hydrogen) atoms. The Morgan fingerprint density at radius 3 is 2.57 bits per heavy atom.